The number of nitrogens with zero attached hydrogens (tertiary/aromatic N) is 2. The molecule has 0 saturated carbocycles. The molecule has 1 aliphatic heterocycles. The molecule has 0 saturated heterocycles. The Hall–Kier alpha value is -6.84. The van der Waals surface area contributed by atoms with Gasteiger partial charge >= 0.3 is 0 Å². The molecule has 2 aliphatic carbocycles. The Morgan fingerprint density at radius 3 is 2.14 bits per heavy atom. The molecule has 0 amide bonds. The highest BCUT2D eigenvalue weighted by atomic mass is 16.5. The first-order valence-electron chi connectivity index (χ1n) is 20.2. The van der Waals surface area contributed by atoms with E-state index in [1.54, 1.807) is 0 Å². The maximum absolute atomic E-state index is 6.81. The SMILES string of the molecule is C=CC1c2ccc(-c3ccc4c(c3)c3cccc5c6ccccc6n4c53)cc2OC1C=CN(C1=CC=C(C2=CC=CCC2)CC1)c1ccc(-c2ccccc2)cc1. The summed E-state index contributed by atoms with van der Waals surface area (Å²) in [6.07, 6.45) is 21.9. The van der Waals surface area contributed by atoms with Crippen LogP contribution in [0.4, 0.5) is 5.69 Å². The minimum absolute atomic E-state index is 0.0440. The number of aromatic nitrogens is 1. The first-order chi connectivity index (χ1) is 28.2. The normalized spacial score (nSPS) is 17.9. The lowest BCUT2D eigenvalue weighted by atomic mass is 9.90. The number of ether oxygens (including phenoxy) is 1. The maximum Gasteiger partial charge on any atom is 0.129 e. The molecular weight excluding hydrogens is 693 g/mol. The Labute approximate surface area is 333 Å². The summed E-state index contributed by atoms with van der Waals surface area (Å²) in [4.78, 5) is 2.35. The fraction of sp³-hybridized carbons (Fsp3) is 0.111. The van der Waals surface area contributed by atoms with Gasteiger partial charge in [-0.3, -0.25) is 0 Å². The molecule has 11 rings (SSSR count). The van der Waals surface area contributed by atoms with Crippen LogP contribution in [0.2, 0.25) is 0 Å². The number of benzene rings is 6. The predicted molar refractivity (Wildman–Crippen MR) is 239 cm³/mol. The van der Waals surface area contributed by atoms with Crippen molar-refractivity contribution in [1.82, 2.24) is 4.40 Å². The molecule has 6 aromatic carbocycles. The van der Waals surface area contributed by atoms with Crippen LogP contribution < -0.4 is 9.64 Å². The summed E-state index contributed by atoms with van der Waals surface area (Å²) < 4.78 is 9.24. The number of rotatable bonds is 8. The minimum atomic E-state index is -0.176. The molecule has 57 heavy (non-hydrogen) atoms. The van der Waals surface area contributed by atoms with E-state index in [0.717, 1.165) is 42.7 Å². The fourth-order valence-electron chi connectivity index (χ4n) is 9.45. The average molecular weight is 735 g/mol. The van der Waals surface area contributed by atoms with Gasteiger partial charge in [-0.15, -0.1) is 6.58 Å². The van der Waals surface area contributed by atoms with E-state index < -0.39 is 0 Å². The van der Waals surface area contributed by atoms with Gasteiger partial charge in [-0.25, -0.2) is 0 Å². The van der Waals surface area contributed by atoms with Crippen molar-refractivity contribution < 1.29 is 4.74 Å². The first-order valence-corrected chi connectivity index (χ1v) is 20.2. The van der Waals surface area contributed by atoms with Crippen molar-refractivity contribution in [2.45, 2.75) is 37.7 Å². The molecule has 3 heteroatoms. The zero-order chi connectivity index (χ0) is 37.9. The molecule has 0 radical (unpaired) electrons. The molecule has 2 unspecified atom stereocenters. The monoisotopic (exact) mass is 734 g/mol. The van der Waals surface area contributed by atoms with Crippen LogP contribution in [0.15, 0.2) is 206 Å². The Morgan fingerprint density at radius 2 is 1.33 bits per heavy atom. The lowest BCUT2D eigenvalue weighted by molar-refractivity contribution is 0.270. The number of anilines is 1. The van der Waals surface area contributed by atoms with Gasteiger partial charge in [0.25, 0.3) is 0 Å². The zero-order valence-electron chi connectivity index (χ0n) is 31.8. The van der Waals surface area contributed by atoms with E-state index in [1.165, 1.54) is 77.2 Å². The molecule has 2 atom stereocenters. The van der Waals surface area contributed by atoms with E-state index in [1.807, 2.05) is 6.08 Å². The molecule has 0 bridgehead atoms. The molecule has 0 N–H and O–H groups in total. The zero-order valence-corrected chi connectivity index (χ0v) is 31.8. The Morgan fingerprint density at radius 1 is 0.614 bits per heavy atom. The van der Waals surface area contributed by atoms with Crippen molar-refractivity contribution in [2.75, 3.05) is 4.90 Å². The van der Waals surface area contributed by atoms with Crippen LogP contribution in [-0.2, 0) is 0 Å². The molecule has 0 spiro atoms. The van der Waals surface area contributed by atoms with Crippen LogP contribution in [0.1, 0.15) is 37.2 Å². The molecule has 0 fully saturated rings. The Kier molecular flexibility index (Phi) is 8.06. The van der Waals surface area contributed by atoms with E-state index in [4.69, 9.17) is 4.74 Å². The number of para-hydroxylation sites is 2. The summed E-state index contributed by atoms with van der Waals surface area (Å²) in [5.41, 5.74) is 15.1. The summed E-state index contributed by atoms with van der Waals surface area (Å²) in [5.74, 6) is 0.965. The van der Waals surface area contributed by atoms with Crippen molar-refractivity contribution in [3.05, 3.63) is 211 Å². The van der Waals surface area contributed by atoms with Gasteiger partial charge in [-0.1, -0.05) is 127 Å². The van der Waals surface area contributed by atoms with Gasteiger partial charge in [0, 0.05) is 50.6 Å². The second-order valence-corrected chi connectivity index (χ2v) is 15.5. The molecular formula is C54H42N2O. The highest BCUT2D eigenvalue weighted by Crippen LogP contribution is 2.44. The van der Waals surface area contributed by atoms with Gasteiger partial charge in [0.15, 0.2) is 0 Å². The predicted octanol–water partition coefficient (Wildman–Crippen LogP) is 14.1. The fourth-order valence-corrected chi connectivity index (χ4v) is 9.45. The largest absolute Gasteiger partial charge is 0.485 e. The van der Waals surface area contributed by atoms with Crippen LogP contribution in [0.3, 0.4) is 0 Å². The van der Waals surface area contributed by atoms with E-state index in [-0.39, 0.29) is 12.0 Å². The minimum Gasteiger partial charge on any atom is -0.485 e. The van der Waals surface area contributed by atoms with Gasteiger partial charge in [-0.05, 0) is 108 Å². The van der Waals surface area contributed by atoms with Crippen molar-refractivity contribution in [3.8, 4) is 28.0 Å². The lowest BCUT2D eigenvalue weighted by Crippen LogP contribution is -2.20. The third-order valence-corrected chi connectivity index (χ3v) is 12.3. The highest BCUT2D eigenvalue weighted by molar-refractivity contribution is 6.23. The molecule has 3 heterocycles. The van der Waals surface area contributed by atoms with E-state index in [9.17, 15) is 0 Å². The average Bonchev–Trinajstić information content (AvgIpc) is 3.93. The van der Waals surface area contributed by atoms with Crippen LogP contribution in [0.5, 0.6) is 5.75 Å². The standard InChI is InChI=1S/C54H42N2O/c1-2-44-46-30-24-41(40-25-31-51-49(34-40)48-18-11-17-47-45-16-9-10-19-50(45)56(51)54(47)48)35-53(46)57-52(44)32-33-55(42-26-20-38(21-27-42)36-12-5-3-6-13-36)43-28-22-39(23-29-43)37-14-7-4-8-15-37/h2-7,9-14,16-22,24-28,30-35,44,52H,1,8,15,23,29H2. The summed E-state index contributed by atoms with van der Waals surface area (Å²) in [6.45, 7) is 4.27. The van der Waals surface area contributed by atoms with Crippen molar-refractivity contribution in [2.24, 2.45) is 0 Å². The van der Waals surface area contributed by atoms with Gasteiger partial charge in [0.05, 0.1) is 16.6 Å². The third-order valence-electron chi connectivity index (χ3n) is 12.3. The third kappa shape index (κ3) is 5.65. The molecule has 3 nitrogen and oxygen atoms in total. The van der Waals surface area contributed by atoms with E-state index >= 15 is 0 Å². The van der Waals surface area contributed by atoms with E-state index in [0.29, 0.717) is 0 Å². The number of fused-ring (bicyclic) bond motifs is 7. The van der Waals surface area contributed by atoms with Gasteiger partial charge in [0.2, 0.25) is 0 Å². The Balaban J connectivity index is 0.916. The topological polar surface area (TPSA) is 16.9 Å². The first kappa shape index (κ1) is 33.5. The number of allylic oxidation sites excluding steroid dienone is 8. The summed E-state index contributed by atoms with van der Waals surface area (Å²) in [5, 5.41) is 5.17. The Bertz CT molecular complexity index is 3010. The molecule has 3 aliphatic rings. The lowest BCUT2D eigenvalue weighted by Gasteiger charge is -2.28. The van der Waals surface area contributed by atoms with Crippen molar-refractivity contribution in [3.63, 3.8) is 0 Å². The van der Waals surface area contributed by atoms with Crippen LogP contribution in [0.25, 0.3) is 60.3 Å². The summed E-state index contributed by atoms with van der Waals surface area (Å²) in [7, 11) is 0. The number of hydrogen-bond acceptors (Lipinski definition) is 2. The van der Waals surface area contributed by atoms with Crippen molar-refractivity contribution >= 4 is 43.8 Å². The van der Waals surface area contributed by atoms with Gasteiger partial charge < -0.3 is 14.0 Å². The van der Waals surface area contributed by atoms with Crippen LogP contribution in [-0.4, -0.2) is 10.5 Å². The second-order valence-electron chi connectivity index (χ2n) is 15.5. The molecule has 8 aromatic rings. The van der Waals surface area contributed by atoms with Crippen molar-refractivity contribution in [1.29, 1.82) is 0 Å². The van der Waals surface area contributed by atoms with Gasteiger partial charge in [-0.2, -0.15) is 0 Å². The maximum atomic E-state index is 6.81. The summed E-state index contributed by atoms with van der Waals surface area (Å²) >= 11 is 0. The second kappa shape index (κ2) is 13.7. The van der Waals surface area contributed by atoms with Gasteiger partial charge in [0.1, 0.15) is 11.9 Å². The summed E-state index contributed by atoms with van der Waals surface area (Å²) in [6, 6.07) is 48.5. The molecule has 2 aromatic heterocycles. The van der Waals surface area contributed by atoms with E-state index in [2.05, 4.69) is 192 Å². The van der Waals surface area contributed by atoms with Crippen LogP contribution >= 0.6 is 0 Å². The molecule has 274 valence electrons. The van der Waals surface area contributed by atoms with Crippen LogP contribution in [0, 0.1) is 0 Å². The number of hydrogen-bond donors (Lipinski definition) is 0. The quantitative estimate of drug-likeness (QED) is 0.145. The highest BCUT2D eigenvalue weighted by Gasteiger charge is 2.31. The smallest absolute Gasteiger partial charge is 0.129 e.